The number of rotatable bonds is 5. The fraction of sp³-hybridized carbons (Fsp3) is 0.737. The van der Waals surface area contributed by atoms with Crippen molar-refractivity contribution in [3.05, 3.63) is 23.8 Å². The van der Waals surface area contributed by atoms with E-state index in [0.717, 1.165) is 57.0 Å². The fourth-order valence-electron chi connectivity index (χ4n) is 3.20. The first kappa shape index (κ1) is 19.6. The summed E-state index contributed by atoms with van der Waals surface area (Å²) in [6.07, 6.45) is 4.71. The van der Waals surface area contributed by atoms with Gasteiger partial charge in [-0.25, -0.2) is 14.8 Å². The summed E-state index contributed by atoms with van der Waals surface area (Å²) in [5.41, 5.74) is 0.818. The SMILES string of the molecule is CCC1(CNCc2ccnc(C)n2)CCN(C(=O)OC(C)(C)C)CC1. The minimum Gasteiger partial charge on any atom is -0.444 e. The molecule has 0 radical (unpaired) electrons. The Bertz CT molecular complexity index is 575. The normalized spacial score (nSPS) is 17.4. The number of hydrogen-bond acceptors (Lipinski definition) is 5. The zero-order valence-corrected chi connectivity index (χ0v) is 16.3. The number of nitrogens with zero attached hydrogens (tertiary/aromatic N) is 3. The molecule has 2 heterocycles. The average Bonchev–Trinajstić information content (AvgIpc) is 2.54. The summed E-state index contributed by atoms with van der Waals surface area (Å²) in [4.78, 5) is 22.6. The van der Waals surface area contributed by atoms with E-state index in [9.17, 15) is 4.79 Å². The van der Waals surface area contributed by atoms with Crippen LogP contribution in [0.3, 0.4) is 0 Å². The molecule has 2 rings (SSSR count). The Labute approximate surface area is 151 Å². The number of piperidine rings is 1. The second kappa shape index (κ2) is 8.13. The lowest BCUT2D eigenvalue weighted by Crippen LogP contribution is -2.48. The number of ether oxygens (including phenoxy) is 1. The molecule has 6 heteroatoms. The molecule has 0 unspecified atom stereocenters. The van der Waals surface area contributed by atoms with Gasteiger partial charge in [0.2, 0.25) is 0 Å². The Morgan fingerprint density at radius 3 is 2.60 bits per heavy atom. The highest BCUT2D eigenvalue weighted by atomic mass is 16.6. The van der Waals surface area contributed by atoms with Crippen molar-refractivity contribution in [3.8, 4) is 0 Å². The summed E-state index contributed by atoms with van der Waals surface area (Å²) in [6, 6.07) is 1.95. The highest BCUT2D eigenvalue weighted by molar-refractivity contribution is 5.68. The van der Waals surface area contributed by atoms with Crippen LogP contribution in [0.15, 0.2) is 12.3 Å². The number of aromatic nitrogens is 2. The van der Waals surface area contributed by atoms with Gasteiger partial charge >= 0.3 is 6.09 Å². The number of carbonyl (C=O) groups excluding carboxylic acids is 1. The number of amides is 1. The predicted octanol–water partition coefficient (Wildman–Crippen LogP) is 3.30. The van der Waals surface area contributed by atoms with Gasteiger partial charge in [0.15, 0.2) is 0 Å². The standard InChI is InChI=1S/C19H32N4O2/c1-6-19(14-20-13-16-7-10-21-15(2)22-16)8-11-23(12-9-19)17(24)25-18(3,4)5/h7,10,20H,6,8-9,11-14H2,1-5H3. The van der Waals surface area contributed by atoms with Crippen LogP contribution < -0.4 is 5.32 Å². The highest BCUT2D eigenvalue weighted by Gasteiger charge is 2.35. The van der Waals surface area contributed by atoms with E-state index in [4.69, 9.17) is 4.74 Å². The molecule has 0 spiro atoms. The largest absolute Gasteiger partial charge is 0.444 e. The summed E-state index contributed by atoms with van der Waals surface area (Å²) in [5, 5.41) is 3.55. The first-order chi connectivity index (χ1) is 11.7. The van der Waals surface area contributed by atoms with Crippen LogP contribution in [0.25, 0.3) is 0 Å². The van der Waals surface area contributed by atoms with E-state index in [2.05, 4.69) is 22.2 Å². The average molecular weight is 348 g/mol. The van der Waals surface area contributed by atoms with Crippen LogP contribution >= 0.6 is 0 Å². The molecule has 140 valence electrons. The Kier molecular flexibility index (Phi) is 6.38. The summed E-state index contributed by atoms with van der Waals surface area (Å²) in [5.74, 6) is 0.801. The van der Waals surface area contributed by atoms with Crippen molar-refractivity contribution in [2.24, 2.45) is 5.41 Å². The number of likely N-dealkylation sites (tertiary alicyclic amines) is 1. The molecule has 6 nitrogen and oxygen atoms in total. The van der Waals surface area contributed by atoms with Crippen LogP contribution in [0.2, 0.25) is 0 Å². The van der Waals surface area contributed by atoms with Gasteiger partial charge in [-0.3, -0.25) is 0 Å². The maximum Gasteiger partial charge on any atom is 0.410 e. The molecule has 0 aliphatic carbocycles. The van der Waals surface area contributed by atoms with E-state index in [0.29, 0.717) is 0 Å². The molecule has 0 saturated carbocycles. The molecule has 0 atom stereocenters. The van der Waals surface area contributed by atoms with Crippen molar-refractivity contribution >= 4 is 6.09 Å². The van der Waals surface area contributed by atoms with Crippen molar-refractivity contribution in [1.29, 1.82) is 0 Å². The minimum atomic E-state index is -0.437. The number of hydrogen-bond donors (Lipinski definition) is 1. The summed E-state index contributed by atoms with van der Waals surface area (Å²) >= 11 is 0. The molecule has 1 aliphatic heterocycles. The quantitative estimate of drug-likeness (QED) is 0.884. The van der Waals surface area contributed by atoms with Crippen molar-refractivity contribution in [1.82, 2.24) is 20.2 Å². The number of carbonyl (C=O) groups is 1. The van der Waals surface area contributed by atoms with Gasteiger partial charge in [-0.1, -0.05) is 6.92 Å². The highest BCUT2D eigenvalue weighted by Crippen LogP contribution is 2.34. The van der Waals surface area contributed by atoms with Gasteiger partial charge in [0.25, 0.3) is 0 Å². The molecule has 1 aliphatic rings. The van der Waals surface area contributed by atoms with E-state index in [1.807, 2.05) is 38.7 Å². The molecule has 1 fully saturated rings. The zero-order chi connectivity index (χ0) is 18.5. The zero-order valence-electron chi connectivity index (χ0n) is 16.3. The van der Waals surface area contributed by atoms with Crippen LogP contribution in [0.5, 0.6) is 0 Å². The molecule has 1 amide bonds. The van der Waals surface area contributed by atoms with Crippen LogP contribution in [0.4, 0.5) is 4.79 Å². The first-order valence-corrected chi connectivity index (χ1v) is 9.20. The van der Waals surface area contributed by atoms with Crippen LogP contribution in [-0.4, -0.2) is 46.2 Å². The summed E-state index contributed by atoms with van der Waals surface area (Å²) < 4.78 is 5.49. The number of nitrogens with one attached hydrogen (secondary N) is 1. The molecule has 0 bridgehead atoms. The summed E-state index contributed by atoms with van der Waals surface area (Å²) in [6.45, 7) is 13.1. The molecule has 1 N–H and O–H groups in total. The van der Waals surface area contributed by atoms with Crippen molar-refractivity contribution < 1.29 is 9.53 Å². The first-order valence-electron chi connectivity index (χ1n) is 9.20. The van der Waals surface area contributed by atoms with Gasteiger partial charge in [-0.05, 0) is 58.4 Å². The van der Waals surface area contributed by atoms with Gasteiger partial charge in [0.05, 0.1) is 5.69 Å². The lowest BCUT2D eigenvalue weighted by Gasteiger charge is -2.41. The Morgan fingerprint density at radius 1 is 1.36 bits per heavy atom. The third-order valence-electron chi connectivity index (χ3n) is 4.87. The molecular formula is C19H32N4O2. The smallest absolute Gasteiger partial charge is 0.410 e. The minimum absolute atomic E-state index is 0.193. The third-order valence-corrected chi connectivity index (χ3v) is 4.87. The molecular weight excluding hydrogens is 316 g/mol. The molecule has 25 heavy (non-hydrogen) atoms. The molecule has 0 aromatic carbocycles. The number of aryl methyl sites for hydroxylation is 1. The van der Waals surface area contributed by atoms with Gasteiger partial charge in [-0.15, -0.1) is 0 Å². The second-order valence-corrected chi connectivity index (χ2v) is 8.02. The van der Waals surface area contributed by atoms with Crippen LogP contribution in [0, 0.1) is 12.3 Å². The third kappa shape index (κ3) is 5.96. The topological polar surface area (TPSA) is 67.4 Å². The van der Waals surface area contributed by atoms with E-state index in [-0.39, 0.29) is 11.5 Å². The van der Waals surface area contributed by atoms with Gasteiger partial charge in [-0.2, -0.15) is 0 Å². The van der Waals surface area contributed by atoms with Gasteiger partial charge in [0, 0.05) is 32.4 Å². The van der Waals surface area contributed by atoms with Crippen LogP contribution in [-0.2, 0) is 11.3 Å². The van der Waals surface area contributed by atoms with Crippen molar-refractivity contribution in [2.75, 3.05) is 19.6 Å². The molecule has 1 aromatic heterocycles. The monoisotopic (exact) mass is 348 g/mol. The lowest BCUT2D eigenvalue weighted by molar-refractivity contribution is 0.00942. The maximum atomic E-state index is 12.2. The van der Waals surface area contributed by atoms with E-state index < -0.39 is 5.60 Å². The Morgan fingerprint density at radius 2 is 2.04 bits per heavy atom. The second-order valence-electron chi connectivity index (χ2n) is 8.02. The molecule has 1 saturated heterocycles. The summed E-state index contributed by atoms with van der Waals surface area (Å²) in [7, 11) is 0. The predicted molar refractivity (Wildman–Crippen MR) is 98.2 cm³/mol. The molecule has 1 aromatic rings. The van der Waals surface area contributed by atoms with Gasteiger partial charge < -0.3 is 15.0 Å². The maximum absolute atomic E-state index is 12.2. The van der Waals surface area contributed by atoms with Crippen molar-refractivity contribution in [3.63, 3.8) is 0 Å². The lowest BCUT2D eigenvalue weighted by atomic mass is 9.76. The van der Waals surface area contributed by atoms with E-state index in [1.54, 1.807) is 6.20 Å². The van der Waals surface area contributed by atoms with Gasteiger partial charge in [0.1, 0.15) is 11.4 Å². The Balaban J connectivity index is 1.83. The van der Waals surface area contributed by atoms with E-state index in [1.165, 1.54) is 0 Å². The van der Waals surface area contributed by atoms with Crippen molar-refractivity contribution in [2.45, 2.75) is 66.0 Å². The van der Waals surface area contributed by atoms with E-state index >= 15 is 0 Å². The Hall–Kier alpha value is -1.69. The fourth-order valence-corrected chi connectivity index (χ4v) is 3.20. The van der Waals surface area contributed by atoms with Crippen LogP contribution in [0.1, 0.15) is 58.5 Å².